The molecule has 68 valence electrons. The number of pyridine rings is 1. The molecule has 0 saturated carbocycles. The van der Waals surface area contributed by atoms with Crippen molar-refractivity contribution >= 4 is 5.82 Å². The van der Waals surface area contributed by atoms with Gasteiger partial charge in [-0.3, -0.25) is 0 Å². The predicted octanol–water partition coefficient (Wildman–Crippen LogP) is 1.16. The third kappa shape index (κ3) is 1.41. The molecule has 0 spiro atoms. The molecule has 0 fully saturated rings. The van der Waals surface area contributed by atoms with Gasteiger partial charge in [0, 0.05) is 5.56 Å². The molecule has 4 nitrogen and oxygen atoms in total. The van der Waals surface area contributed by atoms with Crippen LogP contribution in [-0.2, 0) is 0 Å². The highest BCUT2D eigenvalue weighted by atomic mass is 16.5. The van der Waals surface area contributed by atoms with Gasteiger partial charge in [-0.05, 0) is 13.8 Å². The van der Waals surface area contributed by atoms with Crippen LogP contribution in [0.1, 0.15) is 16.8 Å². The average molecular weight is 177 g/mol. The first kappa shape index (κ1) is 9.33. The van der Waals surface area contributed by atoms with Gasteiger partial charge in [0.15, 0.2) is 0 Å². The Morgan fingerprint density at radius 2 is 2.08 bits per heavy atom. The molecular formula is C9H11N3O. The van der Waals surface area contributed by atoms with Crippen LogP contribution in [-0.4, -0.2) is 12.1 Å². The lowest BCUT2D eigenvalue weighted by Gasteiger charge is -2.10. The number of anilines is 1. The van der Waals surface area contributed by atoms with Crippen molar-refractivity contribution in [2.24, 2.45) is 0 Å². The van der Waals surface area contributed by atoms with E-state index in [2.05, 4.69) is 4.98 Å². The molecule has 0 aliphatic heterocycles. The number of rotatable bonds is 1. The maximum absolute atomic E-state index is 8.78. The fraction of sp³-hybridized carbons (Fsp3) is 0.333. The fourth-order valence-electron chi connectivity index (χ4n) is 1.31. The molecule has 0 unspecified atom stereocenters. The van der Waals surface area contributed by atoms with E-state index in [1.165, 1.54) is 0 Å². The van der Waals surface area contributed by atoms with Crippen LogP contribution >= 0.6 is 0 Å². The van der Waals surface area contributed by atoms with Crippen LogP contribution < -0.4 is 10.5 Å². The molecule has 0 bridgehead atoms. The number of methoxy groups -OCH3 is 1. The number of nitrogens with two attached hydrogens (primary N) is 1. The van der Waals surface area contributed by atoms with Crippen molar-refractivity contribution in [3.05, 3.63) is 16.8 Å². The molecule has 0 aliphatic carbocycles. The van der Waals surface area contributed by atoms with Crippen molar-refractivity contribution in [1.29, 1.82) is 5.26 Å². The number of aromatic nitrogens is 1. The standard InChI is InChI=1S/C9H11N3O/c1-5-7(4-10)9(11)12-6(2)8(5)13-3/h1-3H3,(H2,11,12). The lowest BCUT2D eigenvalue weighted by Crippen LogP contribution is -2.03. The minimum atomic E-state index is 0.262. The third-order valence-electron chi connectivity index (χ3n) is 1.90. The zero-order chi connectivity index (χ0) is 10.0. The van der Waals surface area contributed by atoms with E-state index >= 15 is 0 Å². The smallest absolute Gasteiger partial charge is 0.144 e. The summed E-state index contributed by atoms with van der Waals surface area (Å²) >= 11 is 0. The second-order valence-corrected chi connectivity index (χ2v) is 2.73. The highest BCUT2D eigenvalue weighted by molar-refractivity contribution is 5.58. The van der Waals surface area contributed by atoms with E-state index in [0.717, 1.165) is 5.56 Å². The summed E-state index contributed by atoms with van der Waals surface area (Å²) < 4.78 is 5.10. The van der Waals surface area contributed by atoms with Gasteiger partial charge in [0.2, 0.25) is 0 Å². The molecule has 0 aliphatic rings. The summed E-state index contributed by atoms with van der Waals surface area (Å²) in [5.41, 5.74) is 7.41. The van der Waals surface area contributed by atoms with Crippen LogP contribution in [0.5, 0.6) is 5.75 Å². The van der Waals surface area contributed by atoms with Gasteiger partial charge >= 0.3 is 0 Å². The summed E-state index contributed by atoms with van der Waals surface area (Å²) in [5, 5.41) is 8.78. The lowest BCUT2D eigenvalue weighted by atomic mass is 10.1. The van der Waals surface area contributed by atoms with E-state index in [1.54, 1.807) is 21.0 Å². The molecule has 0 atom stereocenters. The topological polar surface area (TPSA) is 71.9 Å². The van der Waals surface area contributed by atoms with Gasteiger partial charge in [0.05, 0.1) is 12.8 Å². The molecule has 1 aromatic heterocycles. The van der Waals surface area contributed by atoms with E-state index in [-0.39, 0.29) is 5.82 Å². The minimum Gasteiger partial charge on any atom is -0.495 e. The van der Waals surface area contributed by atoms with Crippen molar-refractivity contribution < 1.29 is 4.74 Å². The number of aryl methyl sites for hydroxylation is 1. The first-order chi connectivity index (χ1) is 6.11. The summed E-state index contributed by atoms with van der Waals surface area (Å²) in [7, 11) is 1.55. The van der Waals surface area contributed by atoms with Gasteiger partial charge in [-0.2, -0.15) is 5.26 Å². The molecule has 2 N–H and O–H groups in total. The minimum absolute atomic E-state index is 0.262. The second kappa shape index (κ2) is 3.31. The largest absolute Gasteiger partial charge is 0.495 e. The monoisotopic (exact) mass is 177 g/mol. The molecule has 0 radical (unpaired) electrons. The average Bonchev–Trinajstić information content (AvgIpc) is 2.04. The number of hydrogen-bond donors (Lipinski definition) is 1. The van der Waals surface area contributed by atoms with E-state index in [1.807, 2.05) is 6.07 Å². The van der Waals surface area contributed by atoms with Crippen LogP contribution in [0.2, 0.25) is 0 Å². The van der Waals surface area contributed by atoms with Crippen LogP contribution in [0.4, 0.5) is 5.82 Å². The Hall–Kier alpha value is -1.76. The van der Waals surface area contributed by atoms with E-state index < -0.39 is 0 Å². The Morgan fingerprint density at radius 3 is 2.54 bits per heavy atom. The highest BCUT2D eigenvalue weighted by Crippen LogP contribution is 2.26. The zero-order valence-corrected chi connectivity index (χ0v) is 7.88. The van der Waals surface area contributed by atoms with E-state index in [0.29, 0.717) is 17.0 Å². The van der Waals surface area contributed by atoms with Crippen molar-refractivity contribution in [2.75, 3.05) is 12.8 Å². The summed E-state index contributed by atoms with van der Waals surface area (Å²) in [4.78, 5) is 4.01. The van der Waals surface area contributed by atoms with Crippen molar-refractivity contribution in [3.8, 4) is 11.8 Å². The molecule has 1 heterocycles. The van der Waals surface area contributed by atoms with E-state index in [4.69, 9.17) is 15.7 Å². The van der Waals surface area contributed by atoms with Gasteiger partial charge in [0.1, 0.15) is 23.2 Å². The lowest BCUT2D eigenvalue weighted by molar-refractivity contribution is 0.406. The van der Waals surface area contributed by atoms with Crippen LogP contribution in [0.3, 0.4) is 0 Å². The summed E-state index contributed by atoms with van der Waals surface area (Å²) in [6.07, 6.45) is 0. The SMILES string of the molecule is COc1c(C)nc(N)c(C#N)c1C. The molecule has 1 rings (SSSR count). The number of nitrogen functional groups attached to an aromatic ring is 1. The molecule has 1 aromatic rings. The number of nitrogens with zero attached hydrogens (tertiary/aromatic N) is 2. The second-order valence-electron chi connectivity index (χ2n) is 2.73. The molecule has 13 heavy (non-hydrogen) atoms. The first-order valence-corrected chi connectivity index (χ1v) is 3.82. The van der Waals surface area contributed by atoms with E-state index in [9.17, 15) is 0 Å². The quantitative estimate of drug-likeness (QED) is 0.698. The summed E-state index contributed by atoms with van der Waals surface area (Å²) in [6.45, 7) is 3.59. The molecule has 0 saturated heterocycles. The highest BCUT2D eigenvalue weighted by Gasteiger charge is 2.12. The molecule has 0 amide bonds. The van der Waals surface area contributed by atoms with Crippen LogP contribution in [0.15, 0.2) is 0 Å². The fourth-order valence-corrected chi connectivity index (χ4v) is 1.31. The van der Waals surface area contributed by atoms with Crippen LogP contribution in [0, 0.1) is 25.2 Å². The maximum Gasteiger partial charge on any atom is 0.144 e. The Bertz CT molecular complexity index is 379. The van der Waals surface area contributed by atoms with Crippen LogP contribution in [0.25, 0.3) is 0 Å². The number of nitriles is 1. The normalized spacial score (nSPS) is 9.38. The molecule has 0 aromatic carbocycles. The Balaban J connectivity index is 3.51. The number of ether oxygens (including phenoxy) is 1. The zero-order valence-electron chi connectivity index (χ0n) is 7.88. The summed E-state index contributed by atoms with van der Waals surface area (Å²) in [5.74, 6) is 0.893. The number of hydrogen-bond acceptors (Lipinski definition) is 4. The Kier molecular flexibility index (Phi) is 2.38. The Labute approximate surface area is 77.0 Å². The van der Waals surface area contributed by atoms with Gasteiger partial charge in [-0.15, -0.1) is 0 Å². The van der Waals surface area contributed by atoms with Gasteiger partial charge in [0.25, 0.3) is 0 Å². The predicted molar refractivity (Wildman–Crippen MR) is 49.4 cm³/mol. The Morgan fingerprint density at radius 1 is 1.46 bits per heavy atom. The van der Waals surface area contributed by atoms with Crippen molar-refractivity contribution in [1.82, 2.24) is 4.98 Å². The third-order valence-corrected chi connectivity index (χ3v) is 1.90. The van der Waals surface area contributed by atoms with Crippen molar-refractivity contribution in [2.45, 2.75) is 13.8 Å². The first-order valence-electron chi connectivity index (χ1n) is 3.82. The van der Waals surface area contributed by atoms with Gasteiger partial charge < -0.3 is 10.5 Å². The van der Waals surface area contributed by atoms with Gasteiger partial charge in [-0.25, -0.2) is 4.98 Å². The maximum atomic E-state index is 8.78. The van der Waals surface area contributed by atoms with Gasteiger partial charge in [-0.1, -0.05) is 0 Å². The summed E-state index contributed by atoms with van der Waals surface area (Å²) in [6, 6.07) is 2.00. The molecule has 4 heteroatoms. The molecular weight excluding hydrogens is 166 g/mol. The van der Waals surface area contributed by atoms with Crippen molar-refractivity contribution in [3.63, 3.8) is 0 Å².